The lowest BCUT2D eigenvalue weighted by Crippen LogP contribution is -2.05. The third-order valence-electron chi connectivity index (χ3n) is 3.60. The van der Waals surface area contributed by atoms with Crippen LogP contribution in [0.25, 0.3) is 0 Å². The molecule has 0 saturated carbocycles. The third-order valence-corrected chi connectivity index (χ3v) is 3.60. The van der Waals surface area contributed by atoms with Crippen LogP contribution in [0.3, 0.4) is 0 Å². The van der Waals surface area contributed by atoms with Crippen molar-refractivity contribution in [3.63, 3.8) is 0 Å². The molecule has 3 nitrogen and oxygen atoms in total. The van der Waals surface area contributed by atoms with Gasteiger partial charge in [-0.3, -0.25) is 0 Å². The molecule has 3 rings (SSSR count). The molecule has 18 heavy (non-hydrogen) atoms. The van der Waals surface area contributed by atoms with Crippen molar-refractivity contribution in [2.75, 3.05) is 0 Å². The molecule has 0 atom stereocenters. The molecule has 3 heteroatoms. The van der Waals surface area contributed by atoms with Gasteiger partial charge in [-0.15, -0.1) is 0 Å². The van der Waals surface area contributed by atoms with E-state index < -0.39 is 0 Å². The standard InChI is InChI=1S/C15H14O3/c1-8-9(2)13(17)7-15-12(8)5-10-3-4-11(16)6-14(10)18-15/h3-4,6-7,16-17H,5H2,1-2H3. The molecule has 0 fully saturated rings. The molecule has 2 aromatic rings. The molecule has 0 amide bonds. The summed E-state index contributed by atoms with van der Waals surface area (Å²) in [6.45, 7) is 3.89. The van der Waals surface area contributed by atoms with Crippen LogP contribution in [0.2, 0.25) is 0 Å². The topological polar surface area (TPSA) is 49.7 Å². The van der Waals surface area contributed by atoms with Crippen LogP contribution in [0.4, 0.5) is 0 Å². The number of ether oxygens (including phenoxy) is 1. The van der Waals surface area contributed by atoms with Gasteiger partial charge in [0.05, 0.1) is 0 Å². The summed E-state index contributed by atoms with van der Waals surface area (Å²) in [7, 11) is 0. The lowest BCUT2D eigenvalue weighted by molar-refractivity contribution is 0.430. The predicted molar refractivity (Wildman–Crippen MR) is 68.6 cm³/mol. The van der Waals surface area contributed by atoms with E-state index in [0.717, 1.165) is 28.7 Å². The van der Waals surface area contributed by atoms with Gasteiger partial charge in [0.2, 0.25) is 0 Å². The van der Waals surface area contributed by atoms with Gasteiger partial charge in [0.25, 0.3) is 0 Å². The van der Waals surface area contributed by atoms with E-state index in [0.29, 0.717) is 11.5 Å². The normalized spacial score (nSPS) is 12.6. The molecule has 2 N–H and O–H groups in total. The van der Waals surface area contributed by atoms with Gasteiger partial charge in [-0.05, 0) is 36.6 Å². The van der Waals surface area contributed by atoms with Crippen molar-refractivity contribution in [2.45, 2.75) is 20.3 Å². The largest absolute Gasteiger partial charge is 0.508 e. The number of hydrogen-bond acceptors (Lipinski definition) is 3. The highest BCUT2D eigenvalue weighted by atomic mass is 16.5. The van der Waals surface area contributed by atoms with Crippen molar-refractivity contribution in [1.82, 2.24) is 0 Å². The van der Waals surface area contributed by atoms with Crippen LogP contribution < -0.4 is 4.74 Å². The Morgan fingerprint density at radius 1 is 1.00 bits per heavy atom. The molecular formula is C15H14O3. The molecule has 1 aliphatic heterocycles. The predicted octanol–water partition coefficient (Wildman–Crippen LogP) is 3.41. The van der Waals surface area contributed by atoms with Crippen molar-refractivity contribution in [1.29, 1.82) is 0 Å². The van der Waals surface area contributed by atoms with Crippen molar-refractivity contribution in [3.8, 4) is 23.0 Å². The van der Waals surface area contributed by atoms with Crippen LogP contribution >= 0.6 is 0 Å². The van der Waals surface area contributed by atoms with E-state index >= 15 is 0 Å². The Labute approximate surface area is 105 Å². The Morgan fingerprint density at radius 3 is 2.56 bits per heavy atom. The Morgan fingerprint density at radius 2 is 1.78 bits per heavy atom. The summed E-state index contributed by atoms with van der Waals surface area (Å²) < 4.78 is 5.75. The zero-order valence-corrected chi connectivity index (χ0v) is 10.3. The fraction of sp³-hybridized carbons (Fsp3) is 0.200. The molecule has 0 saturated heterocycles. The SMILES string of the molecule is Cc1c(O)cc2c(c1C)Cc1ccc(O)cc1O2. The van der Waals surface area contributed by atoms with E-state index in [9.17, 15) is 10.2 Å². The molecule has 2 aromatic carbocycles. The van der Waals surface area contributed by atoms with E-state index in [4.69, 9.17) is 4.74 Å². The highest BCUT2D eigenvalue weighted by Gasteiger charge is 2.21. The van der Waals surface area contributed by atoms with Crippen LogP contribution in [-0.2, 0) is 6.42 Å². The van der Waals surface area contributed by atoms with Crippen LogP contribution in [0.15, 0.2) is 24.3 Å². The summed E-state index contributed by atoms with van der Waals surface area (Å²) in [6.07, 6.45) is 0.762. The van der Waals surface area contributed by atoms with Crippen LogP contribution in [0.1, 0.15) is 22.3 Å². The van der Waals surface area contributed by atoms with Gasteiger partial charge in [0, 0.05) is 24.1 Å². The van der Waals surface area contributed by atoms with Crippen molar-refractivity contribution >= 4 is 0 Å². The minimum Gasteiger partial charge on any atom is -0.508 e. The number of aromatic hydroxyl groups is 2. The average Bonchev–Trinajstić information content (AvgIpc) is 2.34. The highest BCUT2D eigenvalue weighted by Crippen LogP contribution is 2.42. The van der Waals surface area contributed by atoms with Gasteiger partial charge in [-0.2, -0.15) is 0 Å². The van der Waals surface area contributed by atoms with E-state index in [1.165, 1.54) is 0 Å². The molecule has 0 aromatic heterocycles. The maximum absolute atomic E-state index is 9.83. The third kappa shape index (κ3) is 1.51. The molecule has 1 aliphatic rings. The maximum atomic E-state index is 9.83. The lowest BCUT2D eigenvalue weighted by Gasteiger charge is -2.23. The fourth-order valence-electron chi connectivity index (χ4n) is 2.33. The number of phenols is 2. The fourth-order valence-corrected chi connectivity index (χ4v) is 2.33. The van der Waals surface area contributed by atoms with E-state index in [1.54, 1.807) is 18.2 Å². The summed E-state index contributed by atoms with van der Waals surface area (Å²) in [6, 6.07) is 6.78. The number of hydrogen-bond donors (Lipinski definition) is 2. The second-order valence-corrected chi connectivity index (χ2v) is 4.69. The second-order valence-electron chi connectivity index (χ2n) is 4.69. The average molecular weight is 242 g/mol. The van der Waals surface area contributed by atoms with E-state index in [2.05, 4.69) is 0 Å². The Balaban J connectivity index is 2.16. The molecule has 92 valence electrons. The summed E-state index contributed by atoms with van der Waals surface area (Å²) in [4.78, 5) is 0. The highest BCUT2D eigenvalue weighted by molar-refractivity contribution is 5.58. The summed E-state index contributed by atoms with van der Waals surface area (Å²) in [5.41, 5.74) is 4.10. The zero-order chi connectivity index (χ0) is 12.9. The Kier molecular flexibility index (Phi) is 2.23. The van der Waals surface area contributed by atoms with Gasteiger partial charge in [-0.1, -0.05) is 6.07 Å². The minimum atomic E-state index is 0.185. The first-order valence-electron chi connectivity index (χ1n) is 5.88. The number of rotatable bonds is 0. The van der Waals surface area contributed by atoms with Gasteiger partial charge in [0.15, 0.2) is 0 Å². The smallest absolute Gasteiger partial charge is 0.134 e. The first-order valence-corrected chi connectivity index (χ1v) is 5.88. The minimum absolute atomic E-state index is 0.185. The summed E-state index contributed by atoms with van der Waals surface area (Å²) in [5, 5.41) is 19.3. The first-order chi connectivity index (χ1) is 8.56. The van der Waals surface area contributed by atoms with Crippen molar-refractivity contribution in [3.05, 3.63) is 46.5 Å². The molecule has 0 bridgehead atoms. The molecule has 0 spiro atoms. The van der Waals surface area contributed by atoms with Crippen molar-refractivity contribution < 1.29 is 14.9 Å². The monoisotopic (exact) mass is 242 g/mol. The van der Waals surface area contributed by atoms with E-state index in [-0.39, 0.29) is 11.5 Å². The second kappa shape index (κ2) is 3.67. The van der Waals surface area contributed by atoms with Gasteiger partial charge < -0.3 is 14.9 Å². The number of benzene rings is 2. The van der Waals surface area contributed by atoms with E-state index in [1.807, 2.05) is 19.9 Å². The lowest BCUT2D eigenvalue weighted by atomic mass is 9.93. The van der Waals surface area contributed by atoms with Crippen LogP contribution in [0.5, 0.6) is 23.0 Å². The maximum Gasteiger partial charge on any atom is 0.134 e. The van der Waals surface area contributed by atoms with Crippen LogP contribution in [0, 0.1) is 13.8 Å². The Hall–Kier alpha value is -2.16. The number of phenolic OH excluding ortho intramolecular Hbond substituents is 2. The number of fused-ring (bicyclic) bond motifs is 2. The molecular weight excluding hydrogens is 228 g/mol. The van der Waals surface area contributed by atoms with Gasteiger partial charge in [0.1, 0.15) is 23.0 Å². The molecule has 0 aliphatic carbocycles. The Bertz CT molecular complexity index is 645. The summed E-state index contributed by atoms with van der Waals surface area (Å²) >= 11 is 0. The quantitative estimate of drug-likeness (QED) is 0.635. The van der Waals surface area contributed by atoms with Gasteiger partial charge >= 0.3 is 0 Å². The van der Waals surface area contributed by atoms with Crippen molar-refractivity contribution in [2.24, 2.45) is 0 Å². The van der Waals surface area contributed by atoms with Crippen LogP contribution in [-0.4, -0.2) is 10.2 Å². The first kappa shape index (κ1) is 11.0. The molecule has 1 heterocycles. The molecule has 0 radical (unpaired) electrons. The summed E-state index contributed by atoms with van der Waals surface area (Å²) in [5.74, 6) is 1.76. The van der Waals surface area contributed by atoms with Gasteiger partial charge in [-0.25, -0.2) is 0 Å². The molecule has 0 unspecified atom stereocenters. The zero-order valence-electron chi connectivity index (χ0n) is 10.3.